The first kappa shape index (κ1) is 18.5. The van der Waals surface area contributed by atoms with Crippen LogP contribution in [-0.4, -0.2) is 34.9 Å². The summed E-state index contributed by atoms with van der Waals surface area (Å²) < 4.78 is 0. The van der Waals surface area contributed by atoms with Crippen molar-refractivity contribution in [2.75, 3.05) is 5.32 Å². The molecule has 7 heteroatoms. The number of aliphatic imine (C=N–C) groups is 1. The van der Waals surface area contributed by atoms with E-state index < -0.39 is 0 Å². The molecule has 0 radical (unpaired) electrons. The molecular formula is C21H21ClN4O2. The number of anilines is 1. The number of urea groups is 1. The summed E-state index contributed by atoms with van der Waals surface area (Å²) in [7, 11) is 0. The standard InChI is InChI=1S/C21H21ClN4O2/c22-15-12-10-14(11-13-15)19(27)25-20-24-17-8-4-5-9-18(17)26(20)21(28)23-16-6-2-1-3-7-16/h1-3,6-7,10-13,17-18H,4-5,8-9H2,(H,23,28)(H,24,25,27)/t17-,18-/m0/s1. The van der Waals surface area contributed by atoms with E-state index in [4.69, 9.17) is 11.6 Å². The first-order chi connectivity index (χ1) is 13.6. The number of rotatable bonds is 2. The van der Waals surface area contributed by atoms with E-state index in [2.05, 4.69) is 15.6 Å². The smallest absolute Gasteiger partial charge is 0.307 e. The van der Waals surface area contributed by atoms with Crippen molar-refractivity contribution in [3.05, 3.63) is 65.2 Å². The quantitative estimate of drug-likeness (QED) is 0.794. The molecule has 4 rings (SSSR count). The topological polar surface area (TPSA) is 73.8 Å². The van der Waals surface area contributed by atoms with Gasteiger partial charge in [-0.3, -0.25) is 15.0 Å². The number of nitrogens with one attached hydrogen (secondary N) is 2. The van der Waals surface area contributed by atoms with Crippen LogP contribution in [0, 0.1) is 0 Å². The molecule has 1 fully saturated rings. The average molecular weight is 397 g/mol. The minimum atomic E-state index is -0.313. The Morgan fingerprint density at radius 3 is 2.43 bits per heavy atom. The molecular weight excluding hydrogens is 376 g/mol. The van der Waals surface area contributed by atoms with E-state index in [0.29, 0.717) is 22.2 Å². The molecule has 1 saturated carbocycles. The predicted molar refractivity (Wildman–Crippen MR) is 110 cm³/mol. The summed E-state index contributed by atoms with van der Waals surface area (Å²) in [6, 6.07) is 15.6. The number of carbonyl (C=O) groups excluding carboxylic acids is 2. The lowest BCUT2D eigenvalue weighted by Gasteiger charge is -2.31. The Kier molecular flexibility index (Phi) is 5.30. The maximum Gasteiger partial charge on any atom is 0.328 e. The van der Waals surface area contributed by atoms with E-state index in [1.807, 2.05) is 30.3 Å². The molecule has 2 aromatic rings. The summed E-state index contributed by atoms with van der Waals surface area (Å²) in [5, 5.41) is 6.29. The Hall–Kier alpha value is -2.86. The molecule has 2 aromatic carbocycles. The first-order valence-corrected chi connectivity index (χ1v) is 9.79. The Morgan fingerprint density at radius 1 is 0.964 bits per heavy atom. The molecule has 0 saturated heterocycles. The molecule has 1 heterocycles. The van der Waals surface area contributed by atoms with Crippen molar-refractivity contribution in [2.45, 2.75) is 37.8 Å². The lowest BCUT2D eigenvalue weighted by molar-refractivity contribution is 0.0973. The van der Waals surface area contributed by atoms with Gasteiger partial charge in [-0.1, -0.05) is 42.6 Å². The van der Waals surface area contributed by atoms with Gasteiger partial charge in [-0.15, -0.1) is 0 Å². The van der Waals surface area contributed by atoms with Crippen LogP contribution in [0.2, 0.25) is 5.02 Å². The fourth-order valence-corrected chi connectivity index (χ4v) is 3.87. The second-order valence-corrected chi connectivity index (χ2v) is 7.44. The highest BCUT2D eigenvalue weighted by molar-refractivity contribution is 6.30. The van der Waals surface area contributed by atoms with Gasteiger partial charge < -0.3 is 5.32 Å². The fraction of sp³-hybridized carbons (Fsp3) is 0.286. The van der Waals surface area contributed by atoms with Gasteiger partial charge in [0.25, 0.3) is 5.91 Å². The summed E-state index contributed by atoms with van der Waals surface area (Å²) in [5.74, 6) is -0.00291. The van der Waals surface area contributed by atoms with Gasteiger partial charge in [0.05, 0.1) is 12.1 Å². The molecule has 2 atom stereocenters. The van der Waals surface area contributed by atoms with Gasteiger partial charge in [0.15, 0.2) is 0 Å². The van der Waals surface area contributed by atoms with Crippen molar-refractivity contribution in [2.24, 2.45) is 4.99 Å². The van der Waals surface area contributed by atoms with Crippen LogP contribution in [0.1, 0.15) is 36.0 Å². The molecule has 1 aliphatic carbocycles. The Bertz CT molecular complexity index is 898. The molecule has 6 nitrogen and oxygen atoms in total. The maximum atomic E-state index is 13.0. The van der Waals surface area contributed by atoms with Crippen LogP contribution in [0.15, 0.2) is 59.6 Å². The van der Waals surface area contributed by atoms with Crippen molar-refractivity contribution < 1.29 is 9.59 Å². The Balaban J connectivity index is 1.55. The summed E-state index contributed by atoms with van der Waals surface area (Å²) in [6.07, 6.45) is 3.91. The maximum absolute atomic E-state index is 13.0. The van der Waals surface area contributed by atoms with Crippen LogP contribution >= 0.6 is 11.6 Å². The van der Waals surface area contributed by atoms with Crippen LogP contribution in [0.4, 0.5) is 10.5 Å². The van der Waals surface area contributed by atoms with Crippen molar-refractivity contribution in [1.82, 2.24) is 10.2 Å². The van der Waals surface area contributed by atoms with E-state index in [-0.39, 0.29) is 24.0 Å². The summed E-state index contributed by atoms with van der Waals surface area (Å²) in [5.41, 5.74) is 1.17. The van der Waals surface area contributed by atoms with Gasteiger partial charge in [-0.25, -0.2) is 9.79 Å². The van der Waals surface area contributed by atoms with Crippen molar-refractivity contribution in [1.29, 1.82) is 0 Å². The number of hydrogen-bond donors (Lipinski definition) is 2. The lowest BCUT2D eigenvalue weighted by atomic mass is 9.91. The number of benzene rings is 2. The van der Waals surface area contributed by atoms with E-state index in [1.165, 1.54) is 0 Å². The number of amides is 3. The van der Waals surface area contributed by atoms with Crippen molar-refractivity contribution in [3.8, 4) is 0 Å². The summed E-state index contributed by atoms with van der Waals surface area (Å²) in [6.45, 7) is 0. The number of para-hydroxylation sites is 1. The normalized spacial score (nSPS) is 20.9. The first-order valence-electron chi connectivity index (χ1n) is 9.42. The van der Waals surface area contributed by atoms with Crippen LogP contribution < -0.4 is 10.6 Å². The highest BCUT2D eigenvalue weighted by Gasteiger charge is 2.41. The van der Waals surface area contributed by atoms with E-state index >= 15 is 0 Å². The zero-order chi connectivity index (χ0) is 19.5. The molecule has 3 amide bonds. The van der Waals surface area contributed by atoms with Gasteiger partial charge in [0, 0.05) is 16.3 Å². The van der Waals surface area contributed by atoms with Gasteiger partial charge in [0.2, 0.25) is 5.96 Å². The molecule has 0 bridgehead atoms. The van der Waals surface area contributed by atoms with Crippen LogP contribution in [0.3, 0.4) is 0 Å². The molecule has 1 aliphatic heterocycles. The van der Waals surface area contributed by atoms with Crippen molar-refractivity contribution in [3.63, 3.8) is 0 Å². The second-order valence-electron chi connectivity index (χ2n) is 7.00. The monoisotopic (exact) mass is 396 g/mol. The average Bonchev–Trinajstić information content (AvgIpc) is 3.07. The van der Waals surface area contributed by atoms with Gasteiger partial charge in [0.1, 0.15) is 0 Å². The van der Waals surface area contributed by atoms with Crippen LogP contribution in [-0.2, 0) is 0 Å². The zero-order valence-corrected chi connectivity index (χ0v) is 16.0. The predicted octanol–water partition coefficient (Wildman–Crippen LogP) is 4.28. The SMILES string of the molecule is O=C(NC1=N[C@H]2CCCC[C@@H]2N1C(=O)Nc1ccccc1)c1ccc(Cl)cc1. The summed E-state index contributed by atoms with van der Waals surface area (Å²) in [4.78, 5) is 31.9. The largest absolute Gasteiger partial charge is 0.328 e. The number of carbonyl (C=O) groups is 2. The zero-order valence-electron chi connectivity index (χ0n) is 15.3. The number of fused-ring (bicyclic) bond motifs is 1. The number of nitrogens with zero attached hydrogens (tertiary/aromatic N) is 2. The lowest BCUT2D eigenvalue weighted by Crippen LogP contribution is -2.52. The Labute approximate surface area is 168 Å². The highest BCUT2D eigenvalue weighted by atomic mass is 35.5. The third kappa shape index (κ3) is 3.87. The second kappa shape index (κ2) is 8.02. The highest BCUT2D eigenvalue weighted by Crippen LogP contribution is 2.31. The third-order valence-electron chi connectivity index (χ3n) is 5.12. The molecule has 0 aromatic heterocycles. The summed E-state index contributed by atoms with van der Waals surface area (Å²) >= 11 is 5.89. The van der Waals surface area contributed by atoms with Crippen LogP contribution in [0.25, 0.3) is 0 Å². The van der Waals surface area contributed by atoms with Crippen molar-refractivity contribution >= 4 is 35.2 Å². The Morgan fingerprint density at radius 2 is 1.68 bits per heavy atom. The molecule has 0 spiro atoms. The van der Waals surface area contributed by atoms with E-state index in [0.717, 1.165) is 25.7 Å². The minimum Gasteiger partial charge on any atom is -0.307 e. The number of guanidine groups is 1. The number of halogens is 1. The van der Waals surface area contributed by atoms with Crippen LogP contribution in [0.5, 0.6) is 0 Å². The molecule has 2 N–H and O–H groups in total. The molecule has 2 aliphatic rings. The molecule has 0 unspecified atom stereocenters. The van der Waals surface area contributed by atoms with Gasteiger partial charge >= 0.3 is 6.03 Å². The fourth-order valence-electron chi connectivity index (χ4n) is 3.74. The van der Waals surface area contributed by atoms with E-state index in [1.54, 1.807) is 29.2 Å². The van der Waals surface area contributed by atoms with E-state index in [9.17, 15) is 9.59 Å². The minimum absolute atomic E-state index is 0.0239. The molecule has 28 heavy (non-hydrogen) atoms. The van der Waals surface area contributed by atoms with Gasteiger partial charge in [-0.05, 0) is 49.2 Å². The third-order valence-corrected chi connectivity index (χ3v) is 5.37. The number of hydrogen-bond acceptors (Lipinski definition) is 3. The molecule has 144 valence electrons. The van der Waals surface area contributed by atoms with Gasteiger partial charge in [-0.2, -0.15) is 0 Å².